The van der Waals surface area contributed by atoms with E-state index in [1.807, 2.05) is 11.6 Å². The summed E-state index contributed by atoms with van der Waals surface area (Å²) in [4.78, 5) is 8.07. The maximum Gasteiger partial charge on any atom is 0.212 e. The Bertz CT molecular complexity index is 1030. The molecule has 0 atom stereocenters. The Morgan fingerprint density at radius 3 is 2.61 bits per heavy atom. The summed E-state index contributed by atoms with van der Waals surface area (Å²) in [5.41, 5.74) is 4.38. The fraction of sp³-hybridized carbons (Fsp3) is 0.368. The van der Waals surface area contributed by atoms with E-state index in [-0.39, 0.29) is 0 Å². The third kappa shape index (κ3) is 3.23. The number of benzene rings is 1. The number of morpholine rings is 1. The van der Waals surface area contributed by atoms with Gasteiger partial charge in [-0.15, -0.1) is 10.2 Å². The smallest absolute Gasteiger partial charge is 0.212 e. The molecule has 0 bridgehead atoms. The lowest BCUT2D eigenvalue weighted by Crippen LogP contribution is -2.36. The van der Waals surface area contributed by atoms with Gasteiger partial charge in [-0.05, 0) is 19.4 Å². The standard InChI is InChI=1S/C19H20N6OS2/c1-12-3-5-14(6-4-12)15-11-27-19-22-21-17(25(19)23-15)16-13(2)20-18(28-16)24-7-9-26-10-8-24/h3-6H,7-11H2,1-2H3. The molecule has 9 heteroatoms. The topological polar surface area (TPSA) is 68.4 Å². The first kappa shape index (κ1) is 17.8. The van der Waals surface area contributed by atoms with Gasteiger partial charge >= 0.3 is 0 Å². The van der Waals surface area contributed by atoms with Gasteiger partial charge in [-0.3, -0.25) is 0 Å². The molecule has 0 N–H and O–H groups in total. The lowest BCUT2D eigenvalue weighted by Gasteiger charge is -2.26. The highest BCUT2D eigenvalue weighted by molar-refractivity contribution is 7.99. The van der Waals surface area contributed by atoms with Gasteiger partial charge in [0.1, 0.15) is 0 Å². The summed E-state index contributed by atoms with van der Waals surface area (Å²) in [6, 6.07) is 8.48. The highest BCUT2D eigenvalue weighted by Crippen LogP contribution is 2.36. The van der Waals surface area contributed by atoms with E-state index in [4.69, 9.17) is 14.8 Å². The average Bonchev–Trinajstić information content (AvgIpc) is 3.32. The summed E-state index contributed by atoms with van der Waals surface area (Å²) in [6.07, 6.45) is 0. The average molecular weight is 413 g/mol. The molecule has 3 aromatic rings. The Hall–Kier alpha value is -2.23. The van der Waals surface area contributed by atoms with Crippen LogP contribution in [0.1, 0.15) is 16.8 Å². The third-order valence-corrected chi connectivity index (χ3v) is 6.97. The molecule has 2 aliphatic rings. The van der Waals surface area contributed by atoms with Crippen LogP contribution in [0.2, 0.25) is 0 Å². The number of nitrogens with zero attached hydrogens (tertiary/aromatic N) is 6. The quantitative estimate of drug-likeness (QED) is 0.658. The minimum atomic E-state index is 0.745. The molecule has 5 rings (SSSR count). The fourth-order valence-corrected chi connectivity index (χ4v) is 5.16. The number of hydrogen-bond donors (Lipinski definition) is 0. The van der Waals surface area contributed by atoms with Gasteiger partial charge in [-0.1, -0.05) is 52.9 Å². The molecule has 4 heterocycles. The lowest BCUT2D eigenvalue weighted by molar-refractivity contribution is 0.122. The second-order valence-corrected chi connectivity index (χ2v) is 8.75. The van der Waals surface area contributed by atoms with Crippen molar-refractivity contribution < 1.29 is 4.74 Å². The molecule has 7 nitrogen and oxygen atoms in total. The van der Waals surface area contributed by atoms with Gasteiger partial charge in [0.25, 0.3) is 0 Å². The van der Waals surface area contributed by atoms with Crippen LogP contribution in [0.4, 0.5) is 5.13 Å². The lowest BCUT2D eigenvalue weighted by atomic mass is 10.1. The van der Waals surface area contributed by atoms with Crippen LogP contribution in [0.25, 0.3) is 10.7 Å². The largest absolute Gasteiger partial charge is 0.378 e. The molecule has 144 valence electrons. The molecule has 0 radical (unpaired) electrons. The molecule has 0 unspecified atom stereocenters. The van der Waals surface area contributed by atoms with Crippen LogP contribution < -0.4 is 4.90 Å². The van der Waals surface area contributed by atoms with Gasteiger partial charge in [0.05, 0.1) is 29.5 Å². The number of anilines is 1. The number of thiazole rings is 1. The molecule has 1 fully saturated rings. The number of hydrogen-bond acceptors (Lipinski definition) is 8. The van der Waals surface area contributed by atoms with Gasteiger partial charge in [0.2, 0.25) is 5.16 Å². The molecular weight excluding hydrogens is 392 g/mol. The first-order valence-corrected chi connectivity index (χ1v) is 11.0. The monoisotopic (exact) mass is 412 g/mol. The molecular formula is C19H20N6OS2. The highest BCUT2D eigenvalue weighted by atomic mass is 32.2. The molecule has 1 aromatic carbocycles. The zero-order valence-electron chi connectivity index (χ0n) is 15.8. The summed E-state index contributed by atoms with van der Waals surface area (Å²) in [7, 11) is 0. The van der Waals surface area contributed by atoms with Gasteiger partial charge < -0.3 is 9.64 Å². The second kappa shape index (κ2) is 7.31. The minimum Gasteiger partial charge on any atom is -0.378 e. The van der Waals surface area contributed by atoms with Crippen molar-refractivity contribution in [2.45, 2.75) is 19.0 Å². The molecule has 1 saturated heterocycles. The van der Waals surface area contributed by atoms with Crippen molar-refractivity contribution in [1.82, 2.24) is 19.9 Å². The summed E-state index contributed by atoms with van der Waals surface area (Å²) in [5.74, 6) is 1.56. The van der Waals surface area contributed by atoms with Crippen molar-refractivity contribution in [1.29, 1.82) is 0 Å². The first-order valence-electron chi connectivity index (χ1n) is 9.22. The number of aryl methyl sites for hydroxylation is 2. The Morgan fingerprint density at radius 1 is 1.04 bits per heavy atom. The predicted octanol–water partition coefficient (Wildman–Crippen LogP) is 3.21. The fourth-order valence-electron chi connectivity index (χ4n) is 3.24. The van der Waals surface area contributed by atoms with E-state index in [0.29, 0.717) is 0 Å². The number of aromatic nitrogens is 4. The zero-order valence-corrected chi connectivity index (χ0v) is 17.4. The van der Waals surface area contributed by atoms with Gasteiger partial charge in [0.15, 0.2) is 11.0 Å². The maximum atomic E-state index is 5.45. The van der Waals surface area contributed by atoms with Crippen molar-refractivity contribution in [3.8, 4) is 10.7 Å². The van der Waals surface area contributed by atoms with Crippen LogP contribution in [0, 0.1) is 13.8 Å². The molecule has 0 aliphatic carbocycles. The summed E-state index contributed by atoms with van der Waals surface area (Å²) < 4.78 is 7.32. The summed E-state index contributed by atoms with van der Waals surface area (Å²) in [5, 5.41) is 15.5. The van der Waals surface area contributed by atoms with E-state index in [9.17, 15) is 0 Å². The molecule has 2 aromatic heterocycles. The van der Waals surface area contributed by atoms with Gasteiger partial charge in [0, 0.05) is 18.8 Å². The number of rotatable bonds is 3. The molecule has 0 saturated carbocycles. The SMILES string of the molecule is Cc1ccc(C2=Nn3c(nnc3-c3sc(N4CCOCC4)nc3C)SC2)cc1. The first-order chi connectivity index (χ1) is 13.7. The summed E-state index contributed by atoms with van der Waals surface area (Å²) in [6.45, 7) is 7.35. The minimum absolute atomic E-state index is 0.745. The second-order valence-electron chi connectivity index (χ2n) is 6.83. The Kier molecular flexibility index (Phi) is 4.65. The number of fused-ring (bicyclic) bond motifs is 1. The Labute approximate surface area is 171 Å². The van der Waals surface area contributed by atoms with Crippen LogP contribution >= 0.6 is 23.1 Å². The van der Waals surface area contributed by atoms with Crippen molar-refractivity contribution in [3.63, 3.8) is 0 Å². The van der Waals surface area contributed by atoms with Crippen molar-refractivity contribution in [2.24, 2.45) is 5.10 Å². The van der Waals surface area contributed by atoms with Crippen LogP contribution in [0.3, 0.4) is 0 Å². The molecule has 28 heavy (non-hydrogen) atoms. The van der Waals surface area contributed by atoms with E-state index in [0.717, 1.165) is 70.0 Å². The molecule has 0 amide bonds. The molecule has 0 spiro atoms. The van der Waals surface area contributed by atoms with Crippen LogP contribution in [-0.2, 0) is 4.74 Å². The van der Waals surface area contributed by atoms with E-state index in [1.54, 1.807) is 23.1 Å². The van der Waals surface area contributed by atoms with E-state index < -0.39 is 0 Å². The predicted molar refractivity (Wildman–Crippen MR) is 113 cm³/mol. The number of ether oxygens (including phenoxy) is 1. The van der Waals surface area contributed by atoms with E-state index in [2.05, 4.69) is 46.3 Å². The van der Waals surface area contributed by atoms with Crippen molar-refractivity contribution in [3.05, 3.63) is 41.1 Å². The van der Waals surface area contributed by atoms with Crippen LogP contribution in [0.15, 0.2) is 34.5 Å². The van der Waals surface area contributed by atoms with Gasteiger partial charge in [-0.2, -0.15) is 9.78 Å². The normalized spacial score (nSPS) is 16.8. The maximum absolute atomic E-state index is 5.45. The number of thioether (sulfide) groups is 1. The zero-order chi connectivity index (χ0) is 19.1. The Morgan fingerprint density at radius 2 is 1.82 bits per heavy atom. The van der Waals surface area contributed by atoms with Crippen LogP contribution in [-0.4, -0.2) is 57.6 Å². The Balaban J connectivity index is 1.51. The van der Waals surface area contributed by atoms with E-state index >= 15 is 0 Å². The van der Waals surface area contributed by atoms with E-state index in [1.165, 1.54) is 5.56 Å². The highest BCUT2D eigenvalue weighted by Gasteiger charge is 2.25. The molecule has 2 aliphatic heterocycles. The van der Waals surface area contributed by atoms with Gasteiger partial charge in [-0.25, -0.2) is 4.98 Å². The third-order valence-electron chi connectivity index (χ3n) is 4.83. The van der Waals surface area contributed by atoms with Crippen molar-refractivity contribution in [2.75, 3.05) is 37.0 Å². The van der Waals surface area contributed by atoms with Crippen LogP contribution in [0.5, 0.6) is 0 Å². The summed E-state index contributed by atoms with van der Waals surface area (Å²) >= 11 is 3.32. The van der Waals surface area contributed by atoms with Crippen molar-refractivity contribution >= 4 is 33.9 Å².